The SMILES string of the molecule is ClC[C@@H](Cl)CNC[C@H](Cl)CCl. The lowest BCUT2D eigenvalue weighted by atomic mass is 10.4. The molecule has 0 saturated heterocycles. The minimum atomic E-state index is -0.0316. The van der Waals surface area contributed by atoms with Crippen LogP contribution in [0.1, 0.15) is 0 Å². The van der Waals surface area contributed by atoms with E-state index < -0.39 is 0 Å². The molecule has 0 aliphatic rings. The van der Waals surface area contributed by atoms with Gasteiger partial charge in [0.2, 0.25) is 0 Å². The largest absolute Gasteiger partial charge is 0.314 e. The number of alkyl halides is 4. The maximum atomic E-state index is 5.72. The predicted molar refractivity (Wildman–Crippen MR) is 53.6 cm³/mol. The lowest BCUT2D eigenvalue weighted by molar-refractivity contribution is 0.673. The van der Waals surface area contributed by atoms with E-state index in [0.29, 0.717) is 24.8 Å². The van der Waals surface area contributed by atoms with E-state index in [1.54, 1.807) is 0 Å². The Bertz CT molecular complexity index is 80.7. The molecule has 0 fully saturated rings. The normalized spacial score (nSPS) is 16.4. The zero-order valence-electron chi connectivity index (χ0n) is 5.99. The van der Waals surface area contributed by atoms with Crippen molar-refractivity contribution in [3.63, 3.8) is 0 Å². The molecule has 0 bridgehead atoms. The van der Waals surface area contributed by atoms with E-state index in [2.05, 4.69) is 5.32 Å². The number of rotatable bonds is 6. The maximum absolute atomic E-state index is 5.72. The van der Waals surface area contributed by atoms with Gasteiger partial charge in [-0.25, -0.2) is 0 Å². The van der Waals surface area contributed by atoms with Crippen LogP contribution in [0.25, 0.3) is 0 Å². The van der Waals surface area contributed by atoms with E-state index in [1.807, 2.05) is 0 Å². The van der Waals surface area contributed by atoms with Crippen LogP contribution in [0.2, 0.25) is 0 Å². The Hall–Kier alpha value is 1.12. The van der Waals surface area contributed by atoms with Crippen molar-refractivity contribution < 1.29 is 0 Å². The maximum Gasteiger partial charge on any atom is 0.0595 e. The minimum Gasteiger partial charge on any atom is -0.314 e. The summed E-state index contributed by atoms with van der Waals surface area (Å²) >= 11 is 22.4. The molecular formula is C6H11Cl4N. The first-order chi connectivity index (χ1) is 5.20. The molecule has 0 unspecified atom stereocenters. The standard InChI is InChI=1S/C6H11Cl4N/c7-1-5(9)3-11-4-6(10)2-8/h5-6,11H,1-4H2/t5-,6-/m1/s1. The van der Waals surface area contributed by atoms with E-state index >= 15 is 0 Å². The van der Waals surface area contributed by atoms with Crippen molar-refractivity contribution in [3.05, 3.63) is 0 Å². The molecule has 0 heterocycles. The summed E-state index contributed by atoms with van der Waals surface area (Å²) in [4.78, 5) is 0. The smallest absolute Gasteiger partial charge is 0.0595 e. The monoisotopic (exact) mass is 237 g/mol. The van der Waals surface area contributed by atoms with Crippen LogP contribution in [0.3, 0.4) is 0 Å². The molecule has 0 aliphatic carbocycles. The van der Waals surface area contributed by atoms with Crippen LogP contribution >= 0.6 is 46.4 Å². The van der Waals surface area contributed by atoms with Gasteiger partial charge >= 0.3 is 0 Å². The molecule has 0 radical (unpaired) electrons. The van der Waals surface area contributed by atoms with Crippen LogP contribution < -0.4 is 5.32 Å². The molecule has 0 amide bonds. The Balaban J connectivity index is 3.13. The number of nitrogens with one attached hydrogen (secondary N) is 1. The highest BCUT2D eigenvalue weighted by molar-refractivity contribution is 6.28. The molecule has 68 valence electrons. The van der Waals surface area contributed by atoms with Gasteiger partial charge in [-0.15, -0.1) is 46.4 Å². The predicted octanol–water partition coefficient (Wildman–Crippen LogP) is 2.27. The fourth-order valence-corrected chi connectivity index (χ4v) is 0.942. The highest BCUT2D eigenvalue weighted by Gasteiger charge is 2.04. The van der Waals surface area contributed by atoms with Gasteiger partial charge in [0.25, 0.3) is 0 Å². The van der Waals surface area contributed by atoms with Gasteiger partial charge in [-0.05, 0) is 0 Å². The van der Waals surface area contributed by atoms with Crippen LogP contribution in [0, 0.1) is 0 Å². The van der Waals surface area contributed by atoms with Crippen LogP contribution in [-0.4, -0.2) is 35.6 Å². The van der Waals surface area contributed by atoms with Gasteiger partial charge in [-0.2, -0.15) is 0 Å². The second-order valence-corrected chi connectivity index (χ2v) is 4.01. The number of halogens is 4. The first-order valence-electron chi connectivity index (χ1n) is 3.31. The molecule has 2 atom stereocenters. The third-order valence-corrected chi connectivity index (χ3v) is 2.74. The van der Waals surface area contributed by atoms with Crippen LogP contribution in [0.5, 0.6) is 0 Å². The minimum absolute atomic E-state index is 0.0316. The summed E-state index contributed by atoms with van der Waals surface area (Å²) in [7, 11) is 0. The average molecular weight is 239 g/mol. The molecule has 0 aromatic rings. The molecule has 0 spiro atoms. The van der Waals surface area contributed by atoms with Gasteiger partial charge in [-0.3, -0.25) is 0 Å². The van der Waals surface area contributed by atoms with Gasteiger partial charge < -0.3 is 5.32 Å². The van der Waals surface area contributed by atoms with Crippen LogP contribution in [0.15, 0.2) is 0 Å². The molecule has 1 N–H and O–H groups in total. The topological polar surface area (TPSA) is 12.0 Å². The first kappa shape index (κ1) is 12.1. The highest BCUT2D eigenvalue weighted by Crippen LogP contribution is 1.99. The summed E-state index contributed by atoms with van der Waals surface area (Å²) in [6, 6.07) is 0. The first-order valence-corrected chi connectivity index (χ1v) is 5.25. The Morgan fingerprint density at radius 2 is 1.27 bits per heavy atom. The highest BCUT2D eigenvalue weighted by atomic mass is 35.5. The molecule has 0 aromatic heterocycles. The second kappa shape index (κ2) is 7.75. The zero-order valence-corrected chi connectivity index (χ0v) is 9.02. The van der Waals surface area contributed by atoms with Crippen molar-refractivity contribution in [2.45, 2.75) is 10.8 Å². The van der Waals surface area contributed by atoms with E-state index in [4.69, 9.17) is 46.4 Å². The molecule has 0 aliphatic heterocycles. The Labute approximate surface area is 87.3 Å². The van der Waals surface area contributed by atoms with Gasteiger partial charge in [0.05, 0.1) is 10.8 Å². The Kier molecular flexibility index (Phi) is 8.54. The van der Waals surface area contributed by atoms with Crippen molar-refractivity contribution in [3.8, 4) is 0 Å². The number of hydrogen-bond donors (Lipinski definition) is 1. The van der Waals surface area contributed by atoms with E-state index in [1.165, 1.54) is 0 Å². The van der Waals surface area contributed by atoms with Gasteiger partial charge in [0.1, 0.15) is 0 Å². The lowest BCUT2D eigenvalue weighted by Gasteiger charge is -2.09. The summed E-state index contributed by atoms with van der Waals surface area (Å²) in [6.07, 6.45) is 0. The number of hydrogen-bond acceptors (Lipinski definition) is 1. The molecular weight excluding hydrogens is 228 g/mol. The van der Waals surface area contributed by atoms with Crippen molar-refractivity contribution in [2.75, 3.05) is 24.8 Å². The summed E-state index contributed by atoms with van der Waals surface area (Å²) in [5.74, 6) is 0.894. The van der Waals surface area contributed by atoms with Crippen LogP contribution in [0.4, 0.5) is 0 Å². The molecule has 0 aromatic carbocycles. The van der Waals surface area contributed by atoms with Crippen molar-refractivity contribution in [1.82, 2.24) is 5.32 Å². The molecule has 11 heavy (non-hydrogen) atoms. The van der Waals surface area contributed by atoms with Gasteiger partial charge in [0, 0.05) is 24.8 Å². The van der Waals surface area contributed by atoms with Gasteiger partial charge in [-0.1, -0.05) is 0 Å². The summed E-state index contributed by atoms with van der Waals surface area (Å²) < 4.78 is 0. The molecule has 1 nitrogen and oxygen atoms in total. The van der Waals surface area contributed by atoms with Crippen molar-refractivity contribution in [1.29, 1.82) is 0 Å². The Morgan fingerprint density at radius 3 is 1.55 bits per heavy atom. The third kappa shape index (κ3) is 7.48. The van der Waals surface area contributed by atoms with E-state index in [-0.39, 0.29) is 10.8 Å². The summed E-state index contributed by atoms with van der Waals surface area (Å²) in [5, 5.41) is 2.99. The molecule has 0 saturated carbocycles. The zero-order chi connectivity index (χ0) is 8.69. The molecule has 5 heteroatoms. The Morgan fingerprint density at radius 1 is 0.909 bits per heavy atom. The molecule has 0 rings (SSSR count). The van der Waals surface area contributed by atoms with Gasteiger partial charge in [0.15, 0.2) is 0 Å². The van der Waals surface area contributed by atoms with E-state index in [0.717, 1.165) is 0 Å². The summed E-state index contributed by atoms with van der Waals surface area (Å²) in [5.41, 5.74) is 0. The van der Waals surface area contributed by atoms with Crippen molar-refractivity contribution in [2.24, 2.45) is 0 Å². The summed E-state index contributed by atoms with van der Waals surface area (Å²) in [6.45, 7) is 1.34. The quantitative estimate of drug-likeness (QED) is 0.701. The second-order valence-electron chi connectivity index (χ2n) is 2.16. The average Bonchev–Trinajstić information content (AvgIpc) is 2.04. The third-order valence-electron chi connectivity index (χ3n) is 1.07. The lowest BCUT2D eigenvalue weighted by Crippen LogP contribution is -2.30. The van der Waals surface area contributed by atoms with Crippen molar-refractivity contribution >= 4 is 46.4 Å². The fourth-order valence-electron chi connectivity index (χ4n) is 0.506. The van der Waals surface area contributed by atoms with E-state index in [9.17, 15) is 0 Å². The fraction of sp³-hybridized carbons (Fsp3) is 1.00. The van der Waals surface area contributed by atoms with Crippen LogP contribution in [-0.2, 0) is 0 Å².